The number of halogens is 3. The molecule has 8 nitrogen and oxygen atoms in total. The molecule has 178 valence electrons. The first-order valence-corrected chi connectivity index (χ1v) is 10.6. The minimum atomic E-state index is -4.41. The van der Waals surface area contributed by atoms with Crippen LogP contribution in [0.25, 0.3) is 27.7 Å². The molecule has 5 rings (SSSR count). The van der Waals surface area contributed by atoms with E-state index in [0.717, 1.165) is 5.39 Å². The van der Waals surface area contributed by atoms with Crippen LogP contribution in [0.1, 0.15) is 5.56 Å². The highest BCUT2D eigenvalue weighted by molar-refractivity contribution is 5.92. The summed E-state index contributed by atoms with van der Waals surface area (Å²) < 4.78 is 44.8. The fourth-order valence-electron chi connectivity index (χ4n) is 3.86. The van der Waals surface area contributed by atoms with Crippen LogP contribution < -0.4 is 20.9 Å². The van der Waals surface area contributed by atoms with Crippen LogP contribution in [0, 0.1) is 0 Å². The lowest BCUT2D eigenvalue weighted by Crippen LogP contribution is -2.43. The van der Waals surface area contributed by atoms with E-state index in [9.17, 15) is 18.0 Å². The molecule has 35 heavy (non-hydrogen) atoms. The number of ether oxygens (including phenoxy) is 1. The smallest absolute Gasteiger partial charge is 0.401 e. The van der Waals surface area contributed by atoms with E-state index >= 15 is 0 Å². The van der Waals surface area contributed by atoms with Gasteiger partial charge in [0.05, 0.1) is 31.1 Å². The predicted octanol–water partition coefficient (Wildman–Crippen LogP) is 3.74. The van der Waals surface area contributed by atoms with Gasteiger partial charge in [0.15, 0.2) is 6.29 Å². The van der Waals surface area contributed by atoms with E-state index in [1.165, 1.54) is 17.9 Å². The molecule has 2 N–H and O–H groups in total. The first-order chi connectivity index (χ1) is 16.8. The van der Waals surface area contributed by atoms with Crippen LogP contribution >= 0.6 is 0 Å². The van der Waals surface area contributed by atoms with Crippen molar-refractivity contribution in [1.29, 1.82) is 0 Å². The summed E-state index contributed by atoms with van der Waals surface area (Å²) in [5.74, 6) is 0.923. The molecule has 0 saturated heterocycles. The number of anilines is 1. The van der Waals surface area contributed by atoms with Gasteiger partial charge in [-0.1, -0.05) is 6.07 Å². The second-order valence-electron chi connectivity index (χ2n) is 7.83. The average Bonchev–Trinajstić information content (AvgIpc) is 2.86. The quantitative estimate of drug-likeness (QED) is 0.452. The normalized spacial score (nSPS) is 15.0. The third-order valence-electron chi connectivity index (χ3n) is 5.52. The van der Waals surface area contributed by atoms with Gasteiger partial charge in [0.2, 0.25) is 0 Å². The molecular formula is C24H19F3N6O2. The minimum absolute atomic E-state index is 0.324. The van der Waals surface area contributed by atoms with Crippen molar-refractivity contribution in [2.75, 3.05) is 19.0 Å². The second kappa shape index (κ2) is 8.84. The Morgan fingerprint density at radius 2 is 1.91 bits per heavy atom. The topological polar surface area (TPSA) is 93.4 Å². The van der Waals surface area contributed by atoms with Gasteiger partial charge in [-0.05, 0) is 54.1 Å². The van der Waals surface area contributed by atoms with Gasteiger partial charge in [0, 0.05) is 22.7 Å². The van der Waals surface area contributed by atoms with Gasteiger partial charge in [0.1, 0.15) is 11.6 Å². The number of aliphatic imine (C=N–C) groups is 1. The van der Waals surface area contributed by atoms with Crippen molar-refractivity contribution in [1.82, 2.24) is 20.1 Å². The maximum Gasteiger partial charge on any atom is 0.401 e. The number of alkyl halides is 3. The molecule has 0 amide bonds. The third kappa shape index (κ3) is 4.58. The fraction of sp³-hybridized carbons (Fsp3) is 0.167. The molecule has 1 unspecified atom stereocenters. The highest BCUT2D eigenvalue weighted by Crippen LogP contribution is 2.28. The summed E-state index contributed by atoms with van der Waals surface area (Å²) in [6, 6.07) is 15.7. The van der Waals surface area contributed by atoms with Crippen LogP contribution in [0.5, 0.6) is 5.75 Å². The van der Waals surface area contributed by atoms with E-state index < -0.39 is 19.0 Å². The summed E-state index contributed by atoms with van der Waals surface area (Å²) in [5, 5.41) is 14.0. The fourth-order valence-corrected chi connectivity index (χ4v) is 3.86. The Morgan fingerprint density at radius 3 is 2.66 bits per heavy atom. The van der Waals surface area contributed by atoms with Crippen molar-refractivity contribution in [2.24, 2.45) is 4.99 Å². The monoisotopic (exact) mass is 480 g/mol. The number of hydrogen-bond donors (Lipinski definition) is 2. The number of rotatable bonds is 5. The number of benzene rings is 2. The molecular weight excluding hydrogens is 461 g/mol. The van der Waals surface area contributed by atoms with Crippen molar-refractivity contribution in [3.63, 3.8) is 0 Å². The molecule has 1 atom stereocenters. The molecule has 0 radical (unpaired) electrons. The Hall–Kier alpha value is -4.25. The lowest BCUT2D eigenvalue weighted by atomic mass is 10.0. The van der Waals surface area contributed by atoms with Crippen LogP contribution in [-0.4, -0.2) is 47.1 Å². The zero-order chi connectivity index (χ0) is 24.6. The SMILES string of the molecule is COc1ccc(-n2c3c(cc(-c4ccc5nnccc5c4)c2=O)C=NC(NCC(F)(F)F)N3)cc1. The zero-order valence-corrected chi connectivity index (χ0v) is 18.4. The van der Waals surface area contributed by atoms with Crippen LogP contribution in [0.2, 0.25) is 0 Å². The van der Waals surface area contributed by atoms with E-state index in [-0.39, 0.29) is 5.56 Å². The van der Waals surface area contributed by atoms with E-state index in [4.69, 9.17) is 4.74 Å². The molecule has 11 heteroatoms. The molecule has 2 aromatic heterocycles. The summed E-state index contributed by atoms with van der Waals surface area (Å²) in [6.45, 7) is -1.23. The lowest BCUT2D eigenvalue weighted by Gasteiger charge is -2.26. The van der Waals surface area contributed by atoms with E-state index in [1.807, 2.05) is 6.07 Å². The molecule has 2 aromatic carbocycles. The van der Waals surface area contributed by atoms with E-state index in [1.54, 1.807) is 54.7 Å². The molecule has 0 spiro atoms. The number of pyridine rings is 1. The van der Waals surface area contributed by atoms with Crippen LogP contribution in [0.15, 0.2) is 70.6 Å². The number of fused-ring (bicyclic) bond motifs is 2. The van der Waals surface area contributed by atoms with Gasteiger partial charge in [-0.25, -0.2) is 0 Å². The Morgan fingerprint density at radius 1 is 1.11 bits per heavy atom. The molecule has 0 saturated carbocycles. The Balaban J connectivity index is 1.65. The Labute approximate surface area is 197 Å². The highest BCUT2D eigenvalue weighted by Gasteiger charge is 2.29. The third-order valence-corrected chi connectivity index (χ3v) is 5.52. The Kier molecular flexibility index (Phi) is 5.69. The van der Waals surface area contributed by atoms with Gasteiger partial charge in [-0.15, -0.1) is 0 Å². The summed E-state index contributed by atoms with van der Waals surface area (Å²) in [7, 11) is 1.53. The number of methoxy groups -OCH3 is 1. The molecule has 0 aliphatic carbocycles. The van der Waals surface area contributed by atoms with Gasteiger partial charge in [-0.3, -0.25) is 19.7 Å². The highest BCUT2D eigenvalue weighted by atomic mass is 19.4. The second-order valence-corrected chi connectivity index (χ2v) is 7.83. The Bertz CT molecular complexity index is 1480. The molecule has 3 heterocycles. The summed E-state index contributed by atoms with van der Waals surface area (Å²) in [5.41, 5.74) is 2.45. The number of nitrogens with zero attached hydrogens (tertiary/aromatic N) is 4. The van der Waals surface area contributed by atoms with Crippen molar-refractivity contribution < 1.29 is 17.9 Å². The van der Waals surface area contributed by atoms with Crippen molar-refractivity contribution in [3.05, 3.63) is 76.7 Å². The molecule has 0 bridgehead atoms. The summed E-state index contributed by atoms with van der Waals surface area (Å²) >= 11 is 0. The van der Waals surface area contributed by atoms with Crippen LogP contribution in [0.3, 0.4) is 0 Å². The van der Waals surface area contributed by atoms with Crippen molar-refractivity contribution in [3.8, 4) is 22.6 Å². The lowest BCUT2D eigenvalue weighted by molar-refractivity contribution is -0.125. The van der Waals surface area contributed by atoms with Crippen LogP contribution in [-0.2, 0) is 0 Å². The predicted molar refractivity (Wildman–Crippen MR) is 126 cm³/mol. The maximum atomic E-state index is 13.8. The van der Waals surface area contributed by atoms with Gasteiger partial charge in [-0.2, -0.15) is 23.4 Å². The molecule has 1 aliphatic heterocycles. The van der Waals surface area contributed by atoms with Gasteiger partial charge in [0.25, 0.3) is 5.56 Å². The maximum absolute atomic E-state index is 13.8. The van der Waals surface area contributed by atoms with E-state index in [0.29, 0.717) is 39.5 Å². The largest absolute Gasteiger partial charge is 0.497 e. The molecule has 4 aromatic rings. The molecule has 1 aliphatic rings. The van der Waals surface area contributed by atoms with Crippen LogP contribution in [0.4, 0.5) is 19.0 Å². The first-order valence-electron chi connectivity index (χ1n) is 10.6. The zero-order valence-electron chi connectivity index (χ0n) is 18.4. The number of hydrogen-bond acceptors (Lipinski definition) is 7. The summed E-state index contributed by atoms with van der Waals surface area (Å²) in [6.07, 6.45) is -2.44. The van der Waals surface area contributed by atoms with Crippen molar-refractivity contribution >= 4 is 22.9 Å². The molecule has 0 fully saturated rings. The standard InChI is InChI=1S/C24H19F3N6O2/c1-35-18-5-3-17(4-6-18)33-21-16(12-28-23(31-21)29-13-24(25,26)27)11-19(22(33)34)14-2-7-20-15(10-14)8-9-30-32-20/h2-12,23,29,31H,13H2,1H3. The first kappa shape index (κ1) is 22.5. The number of nitrogens with one attached hydrogen (secondary N) is 2. The minimum Gasteiger partial charge on any atom is -0.497 e. The van der Waals surface area contributed by atoms with Gasteiger partial charge < -0.3 is 10.1 Å². The van der Waals surface area contributed by atoms with Gasteiger partial charge >= 0.3 is 6.18 Å². The summed E-state index contributed by atoms with van der Waals surface area (Å²) in [4.78, 5) is 17.9. The number of aromatic nitrogens is 3. The van der Waals surface area contributed by atoms with E-state index in [2.05, 4.69) is 25.8 Å². The van der Waals surface area contributed by atoms with Crippen molar-refractivity contribution in [2.45, 2.75) is 12.5 Å². The average molecular weight is 480 g/mol.